The number of aliphatic imine (C=N–C) groups is 1. The zero-order valence-corrected chi connectivity index (χ0v) is 18.5. The molecule has 1 heterocycles. The molecule has 0 fully saturated rings. The summed E-state index contributed by atoms with van der Waals surface area (Å²) in [5, 5.41) is 6.33. The Labute approximate surface area is 185 Å². The molecule has 29 heavy (non-hydrogen) atoms. The molecule has 8 heteroatoms. The third-order valence-electron chi connectivity index (χ3n) is 4.24. The second-order valence-corrected chi connectivity index (χ2v) is 6.34. The lowest BCUT2D eigenvalue weighted by atomic mass is 10.1. The Kier molecular flexibility index (Phi) is 8.56. The standard InChI is InChI=1S/C21H22F2N4O.HI/c1-14-3-4-15(11-19(14)23)12-26-21(24-2)25-10-9-18-13-28-20(27-18)16-5-7-17(22)8-6-16;/h3-8,11,13H,9-10,12H2,1-2H3,(H2,24,25,26);1H. The van der Waals surface area contributed by atoms with E-state index >= 15 is 0 Å². The fraction of sp³-hybridized carbons (Fsp3) is 0.238. The molecule has 0 amide bonds. The van der Waals surface area contributed by atoms with E-state index in [1.54, 1.807) is 38.4 Å². The van der Waals surface area contributed by atoms with Gasteiger partial charge in [-0.05, 0) is 48.4 Å². The number of nitrogens with zero attached hydrogens (tertiary/aromatic N) is 2. The lowest BCUT2D eigenvalue weighted by molar-refractivity contribution is 0.571. The van der Waals surface area contributed by atoms with Crippen LogP contribution < -0.4 is 10.6 Å². The third-order valence-corrected chi connectivity index (χ3v) is 4.24. The molecule has 0 radical (unpaired) electrons. The summed E-state index contributed by atoms with van der Waals surface area (Å²) in [5.74, 6) is 0.555. The highest BCUT2D eigenvalue weighted by molar-refractivity contribution is 14.0. The largest absolute Gasteiger partial charge is 0.444 e. The normalized spacial score (nSPS) is 11.1. The van der Waals surface area contributed by atoms with E-state index in [2.05, 4.69) is 20.6 Å². The van der Waals surface area contributed by atoms with Crippen molar-refractivity contribution in [1.82, 2.24) is 15.6 Å². The van der Waals surface area contributed by atoms with Crippen LogP contribution in [0.1, 0.15) is 16.8 Å². The topological polar surface area (TPSA) is 62.5 Å². The molecule has 0 bridgehead atoms. The number of hydrogen-bond donors (Lipinski definition) is 2. The molecule has 154 valence electrons. The van der Waals surface area contributed by atoms with E-state index in [1.165, 1.54) is 18.2 Å². The van der Waals surface area contributed by atoms with Crippen molar-refractivity contribution in [2.75, 3.05) is 13.6 Å². The van der Waals surface area contributed by atoms with Gasteiger partial charge in [0, 0.05) is 32.1 Å². The number of aryl methyl sites for hydroxylation is 1. The number of nitrogens with one attached hydrogen (secondary N) is 2. The van der Waals surface area contributed by atoms with Gasteiger partial charge in [-0.3, -0.25) is 4.99 Å². The second-order valence-electron chi connectivity index (χ2n) is 6.34. The predicted octanol–water partition coefficient (Wildman–Crippen LogP) is 4.45. The van der Waals surface area contributed by atoms with Crippen molar-refractivity contribution in [1.29, 1.82) is 0 Å². The van der Waals surface area contributed by atoms with Gasteiger partial charge in [-0.2, -0.15) is 0 Å². The summed E-state index contributed by atoms with van der Waals surface area (Å²) in [5.41, 5.74) is 2.97. The maximum Gasteiger partial charge on any atom is 0.226 e. The quantitative estimate of drug-likeness (QED) is 0.291. The highest BCUT2D eigenvalue weighted by Gasteiger charge is 2.07. The lowest BCUT2D eigenvalue weighted by Gasteiger charge is -2.11. The van der Waals surface area contributed by atoms with Crippen LogP contribution in [0.3, 0.4) is 0 Å². The van der Waals surface area contributed by atoms with Crippen molar-refractivity contribution in [2.45, 2.75) is 19.9 Å². The first kappa shape index (κ1) is 22.8. The van der Waals surface area contributed by atoms with Gasteiger partial charge in [0.2, 0.25) is 5.89 Å². The van der Waals surface area contributed by atoms with Gasteiger partial charge in [-0.15, -0.1) is 24.0 Å². The van der Waals surface area contributed by atoms with E-state index in [0.717, 1.165) is 16.8 Å². The van der Waals surface area contributed by atoms with Gasteiger partial charge < -0.3 is 15.1 Å². The van der Waals surface area contributed by atoms with Crippen molar-refractivity contribution >= 4 is 29.9 Å². The van der Waals surface area contributed by atoms with Crippen LogP contribution in [0.5, 0.6) is 0 Å². The molecule has 0 spiro atoms. The minimum Gasteiger partial charge on any atom is -0.444 e. The van der Waals surface area contributed by atoms with E-state index in [0.29, 0.717) is 36.9 Å². The summed E-state index contributed by atoms with van der Waals surface area (Å²) in [6.45, 7) is 2.80. The minimum atomic E-state index is -0.299. The Morgan fingerprint density at radius 3 is 2.55 bits per heavy atom. The van der Waals surface area contributed by atoms with Gasteiger partial charge in [-0.25, -0.2) is 13.8 Å². The number of rotatable bonds is 6. The summed E-state index contributed by atoms with van der Waals surface area (Å²) in [6, 6.07) is 11.2. The summed E-state index contributed by atoms with van der Waals surface area (Å²) < 4.78 is 32.1. The van der Waals surface area contributed by atoms with Gasteiger partial charge >= 0.3 is 0 Å². The van der Waals surface area contributed by atoms with Crippen molar-refractivity contribution in [3.05, 3.63) is 77.2 Å². The van der Waals surface area contributed by atoms with E-state index in [1.807, 2.05) is 6.07 Å². The fourth-order valence-corrected chi connectivity index (χ4v) is 2.61. The van der Waals surface area contributed by atoms with Gasteiger partial charge in [-0.1, -0.05) is 12.1 Å². The first-order valence-electron chi connectivity index (χ1n) is 8.95. The van der Waals surface area contributed by atoms with Crippen LogP contribution in [0.2, 0.25) is 0 Å². The molecular weight excluding hydrogens is 489 g/mol. The van der Waals surface area contributed by atoms with E-state index in [9.17, 15) is 8.78 Å². The van der Waals surface area contributed by atoms with Crippen molar-refractivity contribution < 1.29 is 13.2 Å². The van der Waals surface area contributed by atoms with Crippen LogP contribution in [-0.4, -0.2) is 24.5 Å². The number of aromatic nitrogens is 1. The number of hydrogen-bond acceptors (Lipinski definition) is 3. The molecule has 2 N–H and O–H groups in total. The minimum absolute atomic E-state index is 0. The first-order valence-corrected chi connectivity index (χ1v) is 8.95. The lowest BCUT2D eigenvalue weighted by Crippen LogP contribution is -2.37. The van der Waals surface area contributed by atoms with Crippen LogP contribution in [0, 0.1) is 18.6 Å². The van der Waals surface area contributed by atoms with Gasteiger partial charge in [0.1, 0.15) is 17.9 Å². The molecule has 0 atom stereocenters. The smallest absolute Gasteiger partial charge is 0.226 e. The predicted molar refractivity (Wildman–Crippen MR) is 120 cm³/mol. The SMILES string of the molecule is CN=C(NCCc1coc(-c2ccc(F)cc2)n1)NCc1ccc(C)c(F)c1.I. The summed E-state index contributed by atoms with van der Waals surface area (Å²) in [7, 11) is 1.67. The highest BCUT2D eigenvalue weighted by atomic mass is 127. The van der Waals surface area contributed by atoms with E-state index < -0.39 is 0 Å². The number of benzene rings is 2. The summed E-state index contributed by atoms with van der Waals surface area (Å²) in [4.78, 5) is 8.57. The molecule has 0 saturated carbocycles. The van der Waals surface area contributed by atoms with Crippen LogP contribution >= 0.6 is 24.0 Å². The summed E-state index contributed by atoms with van der Waals surface area (Å²) >= 11 is 0. The molecule has 1 aromatic heterocycles. The van der Waals surface area contributed by atoms with E-state index in [4.69, 9.17) is 4.42 Å². The number of guanidine groups is 1. The zero-order chi connectivity index (χ0) is 19.9. The van der Waals surface area contributed by atoms with Crippen molar-refractivity contribution in [3.8, 4) is 11.5 Å². The Morgan fingerprint density at radius 2 is 1.86 bits per heavy atom. The van der Waals surface area contributed by atoms with Crippen LogP contribution in [0.25, 0.3) is 11.5 Å². The monoisotopic (exact) mass is 512 g/mol. The molecule has 2 aromatic carbocycles. The molecular formula is C21H23F2IN4O. The molecule has 5 nitrogen and oxygen atoms in total. The molecule has 0 aliphatic carbocycles. The molecule has 0 aliphatic heterocycles. The average Bonchev–Trinajstić information content (AvgIpc) is 3.16. The molecule has 3 rings (SSSR count). The highest BCUT2D eigenvalue weighted by Crippen LogP contribution is 2.19. The number of halogens is 3. The van der Waals surface area contributed by atoms with Gasteiger partial charge in [0.05, 0.1) is 5.69 Å². The Bertz CT molecular complexity index is 958. The summed E-state index contributed by atoms with van der Waals surface area (Å²) in [6.07, 6.45) is 2.22. The zero-order valence-electron chi connectivity index (χ0n) is 16.2. The van der Waals surface area contributed by atoms with Crippen molar-refractivity contribution in [3.63, 3.8) is 0 Å². The number of oxazole rings is 1. The first-order chi connectivity index (χ1) is 13.5. The molecule has 0 saturated heterocycles. The molecule has 3 aromatic rings. The van der Waals surface area contributed by atoms with Crippen LogP contribution in [-0.2, 0) is 13.0 Å². The Hall–Kier alpha value is -2.49. The third kappa shape index (κ3) is 6.52. The molecule has 0 unspecified atom stereocenters. The Balaban J connectivity index is 0.00000300. The van der Waals surface area contributed by atoms with Crippen LogP contribution in [0.4, 0.5) is 8.78 Å². The van der Waals surface area contributed by atoms with Crippen molar-refractivity contribution in [2.24, 2.45) is 4.99 Å². The van der Waals surface area contributed by atoms with Crippen LogP contribution in [0.15, 0.2) is 58.1 Å². The fourth-order valence-electron chi connectivity index (χ4n) is 2.61. The Morgan fingerprint density at radius 1 is 1.10 bits per heavy atom. The van der Waals surface area contributed by atoms with Gasteiger partial charge in [0.25, 0.3) is 0 Å². The maximum absolute atomic E-state index is 13.6. The molecule has 0 aliphatic rings. The maximum atomic E-state index is 13.6. The average molecular weight is 512 g/mol. The van der Waals surface area contributed by atoms with Gasteiger partial charge in [0.15, 0.2) is 5.96 Å². The second kappa shape index (κ2) is 10.9. The van der Waals surface area contributed by atoms with E-state index in [-0.39, 0.29) is 35.6 Å².